The summed E-state index contributed by atoms with van der Waals surface area (Å²) in [4.78, 5) is 0. The molecule has 0 bridgehead atoms. The second-order valence-corrected chi connectivity index (χ2v) is 12.0. The molecule has 0 spiro atoms. The zero-order valence-corrected chi connectivity index (χ0v) is 24.0. The van der Waals surface area contributed by atoms with Crippen LogP contribution in [0.25, 0.3) is 10.9 Å². The van der Waals surface area contributed by atoms with Crippen LogP contribution in [0.2, 0.25) is 0 Å². The number of rotatable bonds is 19. The monoisotopic (exact) mass is 543 g/mol. The van der Waals surface area contributed by atoms with Gasteiger partial charge in [0.2, 0.25) is 10.0 Å². The Morgan fingerprint density at radius 3 is 1.87 bits per heavy atom. The highest BCUT2D eigenvalue weighted by atomic mass is 32.2. The number of hydrogen-bond donors (Lipinski definition) is 1. The molecule has 1 N–H and O–H groups in total. The van der Waals surface area contributed by atoms with Crippen LogP contribution in [0.3, 0.4) is 0 Å². The van der Waals surface area contributed by atoms with Gasteiger partial charge in [-0.25, -0.2) is 12.4 Å². The molecule has 2 aromatic carbocycles. The van der Waals surface area contributed by atoms with E-state index in [-0.39, 0.29) is 5.75 Å². The normalized spacial score (nSPS) is 11.8. The van der Waals surface area contributed by atoms with Crippen LogP contribution in [-0.4, -0.2) is 38.3 Å². The van der Waals surface area contributed by atoms with E-state index in [1.807, 2.05) is 18.2 Å². The number of aromatic nitrogens is 1. The Labute approximate surface area is 229 Å². The van der Waals surface area contributed by atoms with Gasteiger partial charge in [-0.05, 0) is 54.7 Å². The molecule has 0 aliphatic heterocycles. The van der Waals surface area contributed by atoms with Crippen molar-refractivity contribution in [3.8, 4) is 11.5 Å². The quantitative estimate of drug-likeness (QED) is 0.161. The zero-order chi connectivity index (χ0) is 27.2. The summed E-state index contributed by atoms with van der Waals surface area (Å²) in [5, 5.41) is 9.72. The Balaban J connectivity index is 1.54. The second-order valence-electron chi connectivity index (χ2n) is 10.1. The first-order valence-electron chi connectivity index (χ1n) is 14.1. The maximum absolute atomic E-state index is 13.5. The fraction of sp³-hybridized carbons (Fsp3) is 0.548. The summed E-state index contributed by atoms with van der Waals surface area (Å²) in [5.41, 5.74) is 2.42. The van der Waals surface area contributed by atoms with E-state index in [1.54, 1.807) is 44.7 Å². The highest BCUT2D eigenvalue weighted by Gasteiger charge is 2.21. The molecule has 0 unspecified atom stereocenters. The summed E-state index contributed by atoms with van der Waals surface area (Å²) in [6, 6.07) is 12.8. The first-order chi connectivity index (χ1) is 18.5. The Morgan fingerprint density at radius 2 is 1.32 bits per heavy atom. The van der Waals surface area contributed by atoms with Crippen LogP contribution in [0.1, 0.15) is 88.2 Å². The van der Waals surface area contributed by atoms with Crippen LogP contribution < -0.4 is 9.47 Å². The van der Waals surface area contributed by atoms with Crippen LogP contribution in [0, 0.1) is 0 Å². The van der Waals surface area contributed by atoms with E-state index in [9.17, 15) is 8.42 Å². The van der Waals surface area contributed by atoms with Gasteiger partial charge >= 0.3 is 0 Å². The number of nitrogens with zero attached hydrogens (tertiary/aromatic N) is 1. The lowest BCUT2D eigenvalue weighted by molar-refractivity contribution is 0.282. The molecule has 0 amide bonds. The summed E-state index contributed by atoms with van der Waals surface area (Å²) in [6.07, 6.45) is 17.1. The van der Waals surface area contributed by atoms with E-state index in [0.717, 1.165) is 48.6 Å². The van der Waals surface area contributed by atoms with Crippen LogP contribution in [0.15, 0.2) is 48.7 Å². The van der Waals surface area contributed by atoms with Crippen LogP contribution >= 0.6 is 0 Å². The number of aliphatic hydroxyl groups excluding tert-OH is 1. The molecule has 1 heterocycles. The molecule has 1 aromatic heterocycles. The molecule has 0 aliphatic rings. The van der Waals surface area contributed by atoms with Crippen molar-refractivity contribution in [1.29, 1.82) is 0 Å². The molecular formula is C31H45NO5S. The largest absolute Gasteiger partial charge is 0.497 e. The van der Waals surface area contributed by atoms with E-state index in [1.165, 1.54) is 55.3 Å². The van der Waals surface area contributed by atoms with Gasteiger partial charge in [-0.15, -0.1) is 0 Å². The zero-order valence-electron chi connectivity index (χ0n) is 23.2. The molecule has 0 fully saturated rings. The van der Waals surface area contributed by atoms with Gasteiger partial charge in [-0.2, -0.15) is 0 Å². The Kier molecular flexibility index (Phi) is 12.5. The number of unbranched alkanes of at least 4 members (excludes halogenated alkanes) is 11. The molecule has 38 heavy (non-hydrogen) atoms. The van der Waals surface area contributed by atoms with Gasteiger partial charge in [-0.3, -0.25) is 0 Å². The fourth-order valence-electron chi connectivity index (χ4n) is 5.09. The van der Waals surface area contributed by atoms with Crippen molar-refractivity contribution in [3.63, 3.8) is 0 Å². The first-order valence-corrected chi connectivity index (χ1v) is 15.7. The third-order valence-electron chi connectivity index (χ3n) is 7.22. The SMILES string of the molecule is COc1ccc(CS(=O)(=O)n2cc(CCCCCCCCCCCCCCO)c3c(OC)cccc32)cc1. The smallest absolute Gasteiger partial charge is 0.243 e. The number of methoxy groups -OCH3 is 2. The lowest BCUT2D eigenvalue weighted by atomic mass is 10.0. The predicted molar refractivity (Wildman–Crippen MR) is 156 cm³/mol. The van der Waals surface area contributed by atoms with Crippen molar-refractivity contribution in [2.75, 3.05) is 20.8 Å². The lowest BCUT2D eigenvalue weighted by Crippen LogP contribution is -2.14. The minimum atomic E-state index is -3.61. The van der Waals surface area contributed by atoms with Gasteiger partial charge in [0.05, 0.1) is 25.5 Å². The van der Waals surface area contributed by atoms with Crippen LogP contribution in [-0.2, 0) is 22.2 Å². The number of fused-ring (bicyclic) bond motifs is 1. The number of hydrogen-bond acceptors (Lipinski definition) is 5. The highest BCUT2D eigenvalue weighted by Crippen LogP contribution is 2.33. The van der Waals surface area contributed by atoms with E-state index in [4.69, 9.17) is 14.6 Å². The Hall–Kier alpha value is -2.51. The van der Waals surface area contributed by atoms with Gasteiger partial charge in [0.1, 0.15) is 11.5 Å². The topological polar surface area (TPSA) is 77.8 Å². The summed E-state index contributed by atoms with van der Waals surface area (Å²) < 4.78 is 39.2. The molecule has 0 radical (unpaired) electrons. The number of ether oxygens (including phenoxy) is 2. The van der Waals surface area contributed by atoms with E-state index in [0.29, 0.717) is 23.6 Å². The Morgan fingerprint density at radius 1 is 0.737 bits per heavy atom. The fourth-order valence-corrected chi connectivity index (χ4v) is 6.58. The van der Waals surface area contributed by atoms with Gasteiger partial charge in [0, 0.05) is 18.2 Å². The van der Waals surface area contributed by atoms with Crippen molar-refractivity contribution < 1.29 is 23.0 Å². The van der Waals surface area contributed by atoms with Crippen molar-refractivity contribution in [2.45, 2.75) is 89.2 Å². The minimum Gasteiger partial charge on any atom is -0.497 e. The second kappa shape index (κ2) is 15.8. The van der Waals surface area contributed by atoms with Crippen molar-refractivity contribution >= 4 is 20.9 Å². The average molecular weight is 544 g/mol. The van der Waals surface area contributed by atoms with Gasteiger partial charge < -0.3 is 14.6 Å². The van der Waals surface area contributed by atoms with E-state index in [2.05, 4.69) is 0 Å². The van der Waals surface area contributed by atoms with E-state index < -0.39 is 10.0 Å². The standard InChI is InChI=1S/C31H45NO5S/c1-36-28-21-19-26(20-22-28)25-38(34,35)32-24-27(31-29(32)17-15-18-30(31)37-2)16-13-11-9-7-5-3-4-6-8-10-12-14-23-33/h15,17-22,24,33H,3-14,16,23,25H2,1-2H3. The van der Waals surface area contributed by atoms with Crippen molar-refractivity contribution in [1.82, 2.24) is 3.97 Å². The molecule has 0 saturated heterocycles. The number of aliphatic hydroxyl groups is 1. The summed E-state index contributed by atoms with van der Waals surface area (Å²) >= 11 is 0. The maximum atomic E-state index is 13.5. The average Bonchev–Trinajstić information content (AvgIpc) is 3.31. The van der Waals surface area contributed by atoms with Crippen LogP contribution in [0.4, 0.5) is 0 Å². The molecule has 0 atom stereocenters. The molecule has 7 heteroatoms. The molecule has 210 valence electrons. The molecular weight excluding hydrogens is 498 g/mol. The molecule has 0 saturated carbocycles. The van der Waals surface area contributed by atoms with Gasteiger partial charge in [0.25, 0.3) is 0 Å². The minimum absolute atomic E-state index is 0.0832. The highest BCUT2D eigenvalue weighted by molar-refractivity contribution is 7.89. The molecule has 6 nitrogen and oxygen atoms in total. The summed E-state index contributed by atoms with van der Waals surface area (Å²) in [5.74, 6) is 1.34. The third-order valence-corrected chi connectivity index (χ3v) is 8.82. The Bertz CT molecular complexity index is 1200. The number of aryl methyl sites for hydroxylation is 1. The predicted octanol–water partition coefficient (Wildman–Crippen LogP) is 7.25. The van der Waals surface area contributed by atoms with Crippen LogP contribution in [0.5, 0.6) is 11.5 Å². The number of benzene rings is 2. The molecule has 3 rings (SSSR count). The van der Waals surface area contributed by atoms with Gasteiger partial charge in [0.15, 0.2) is 0 Å². The summed E-state index contributed by atoms with van der Waals surface area (Å²) in [7, 11) is -0.381. The summed E-state index contributed by atoms with van der Waals surface area (Å²) in [6.45, 7) is 0.319. The third kappa shape index (κ3) is 8.77. The first kappa shape index (κ1) is 30.0. The van der Waals surface area contributed by atoms with E-state index >= 15 is 0 Å². The molecule has 3 aromatic rings. The van der Waals surface area contributed by atoms with Crippen molar-refractivity contribution in [3.05, 3.63) is 59.8 Å². The molecule has 0 aliphatic carbocycles. The van der Waals surface area contributed by atoms with Crippen molar-refractivity contribution in [2.24, 2.45) is 0 Å². The van der Waals surface area contributed by atoms with Gasteiger partial charge in [-0.1, -0.05) is 82.4 Å². The maximum Gasteiger partial charge on any atom is 0.243 e. The lowest BCUT2D eigenvalue weighted by Gasteiger charge is -2.09.